The molecule has 1 aromatic rings. The second-order valence-electron chi connectivity index (χ2n) is 5.93. The molecule has 0 aromatic carbocycles. The molecule has 0 saturated carbocycles. The highest BCUT2D eigenvalue weighted by atomic mass is 35.5. The van der Waals surface area contributed by atoms with Crippen LogP contribution in [0, 0.1) is 19.8 Å². The summed E-state index contributed by atoms with van der Waals surface area (Å²) in [4.78, 5) is 14.5. The molecule has 126 valence electrons. The van der Waals surface area contributed by atoms with Gasteiger partial charge in [-0.3, -0.25) is 14.4 Å². The van der Waals surface area contributed by atoms with Gasteiger partial charge in [0.1, 0.15) is 0 Å². The minimum Gasteiger partial charge on any atom is -0.355 e. The number of aromatic nitrogens is 2. The van der Waals surface area contributed by atoms with Gasteiger partial charge in [-0.25, -0.2) is 0 Å². The van der Waals surface area contributed by atoms with E-state index in [0.717, 1.165) is 38.2 Å². The molecule has 1 amide bonds. The number of piperidine rings is 1. The van der Waals surface area contributed by atoms with Crippen molar-refractivity contribution >= 4 is 18.3 Å². The largest absolute Gasteiger partial charge is 0.355 e. The number of nitrogens with two attached hydrogens (primary N) is 1. The van der Waals surface area contributed by atoms with E-state index in [1.807, 2.05) is 11.7 Å². The van der Waals surface area contributed by atoms with Crippen molar-refractivity contribution in [3.05, 3.63) is 17.0 Å². The van der Waals surface area contributed by atoms with Crippen molar-refractivity contribution in [3.8, 4) is 0 Å². The fourth-order valence-corrected chi connectivity index (χ4v) is 3.02. The highest BCUT2D eigenvalue weighted by Crippen LogP contribution is 2.21. The van der Waals surface area contributed by atoms with Crippen LogP contribution in [0.3, 0.4) is 0 Å². The van der Waals surface area contributed by atoms with Gasteiger partial charge in [0.2, 0.25) is 5.91 Å². The molecule has 0 aliphatic carbocycles. The summed E-state index contributed by atoms with van der Waals surface area (Å²) in [6, 6.07) is 0. The molecule has 0 bridgehead atoms. The van der Waals surface area contributed by atoms with Crippen LogP contribution in [0.2, 0.25) is 0 Å². The number of nitrogens with zero attached hydrogens (tertiary/aromatic N) is 3. The molecule has 1 atom stereocenters. The Morgan fingerprint density at radius 3 is 2.77 bits per heavy atom. The van der Waals surface area contributed by atoms with Crippen LogP contribution in [0.15, 0.2) is 0 Å². The molecular weight excluding hydrogens is 302 g/mol. The van der Waals surface area contributed by atoms with E-state index in [1.165, 1.54) is 11.3 Å². The van der Waals surface area contributed by atoms with E-state index in [9.17, 15) is 4.79 Å². The SMILES string of the molecule is Cc1nn(C)c(C)c1CN1CCCC(C(=O)NCCN)C1.Cl. The Labute approximate surface area is 138 Å². The molecule has 1 unspecified atom stereocenters. The van der Waals surface area contributed by atoms with Crippen molar-refractivity contribution in [3.63, 3.8) is 0 Å². The van der Waals surface area contributed by atoms with Gasteiger partial charge in [0, 0.05) is 44.5 Å². The lowest BCUT2D eigenvalue weighted by atomic mass is 9.96. The number of likely N-dealkylation sites (tertiary alicyclic amines) is 1. The first kappa shape index (κ1) is 18.9. The zero-order valence-corrected chi connectivity index (χ0v) is 14.6. The standard InChI is InChI=1S/C15H27N5O.ClH/c1-11-14(12(2)19(3)18-11)10-20-8-4-5-13(9-20)15(21)17-7-6-16;/h13H,4-10,16H2,1-3H3,(H,17,21);1H. The topological polar surface area (TPSA) is 76.2 Å². The zero-order chi connectivity index (χ0) is 15.4. The zero-order valence-electron chi connectivity index (χ0n) is 13.8. The Bertz CT molecular complexity index is 502. The van der Waals surface area contributed by atoms with Gasteiger partial charge >= 0.3 is 0 Å². The molecular formula is C15H28ClN5O. The van der Waals surface area contributed by atoms with E-state index in [4.69, 9.17) is 5.73 Å². The van der Waals surface area contributed by atoms with E-state index in [-0.39, 0.29) is 24.2 Å². The summed E-state index contributed by atoms with van der Waals surface area (Å²) in [7, 11) is 1.98. The lowest BCUT2D eigenvalue weighted by molar-refractivity contribution is -0.126. The van der Waals surface area contributed by atoms with Crippen molar-refractivity contribution in [2.75, 3.05) is 26.2 Å². The highest BCUT2D eigenvalue weighted by Gasteiger charge is 2.26. The van der Waals surface area contributed by atoms with Gasteiger partial charge in [0.25, 0.3) is 0 Å². The summed E-state index contributed by atoms with van der Waals surface area (Å²) in [5.41, 5.74) is 9.03. The molecule has 2 heterocycles. The maximum absolute atomic E-state index is 12.1. The fourth-order valence-electron chi connectivity index (χ4n) is 3.02. The second-order valence-corrected chi connectivity index (χ2v) is 5.93. The molecule has 1 saturated heterocycles. The molecule has 1 aliphatic heterocycles. The highest BCUT2D eigenvalue weighted by molar-refractivity contribution is 5.85. The average molecular weight is 330 g/mol. The number of hydrogen-bond donors (Lipinski definition) is 2. The van der Waals surface area contributed by atoms with Gasteiger partial charge < -0.3 is 11.1 Å². The smallest absolute Gasteiger partial charge is 0.224 e. The van der Waals surface area contributed by atoms with Gasteiger partial charge in [-0.15, -0.1) is 12.4 Å². The first-order valence-corrected chi connectivity index (χ1v) is 7.72. The number of nitrogens with one attached hydrogen (secondary N) is 1. The quantitative estimate of drug-likeness (QED) is 0.835. The van der Waals surface area contributed by atoms with Crippen LogP contribution >= 0.6 is 12.4 Å². The van der Waals surface area contributed by atoms with Crippen LogP contribution in [0.5, 0.6) is 0 Å². The Kier molecular flexibility index (Phi) is 7.32. The van der Waals surface area contributed by atoms with Gasteiger partial charge in [0.15, 0.2) is 0 Å². The molecule has 7 heteroatoms. The van der Waals surface area contributed by atoms with Gasteiger partial charge in [-0.05, 0) is 33.2 Å². The summed E-state index contributed by atoms with van der Waals surface area (Å²) in [6.07, 6.45) is 2.04. The van der Waals surface area contributed by atoms with Crippen molar-refractivity contribution in [2.24, 2.45) is 18.7 Å². The van der Waals surface area contributed by atoms with E-state index >= 15 is 0 Å². The normalized spacial score (nSPS) is 18.8. The van der Waals surface area contributed by atoms with Crippen LogP contribution < -0.4 is 11.1 Å². The summed E-state index contributed by atoms with van der Waals surface area (Å²) in [5, 5.41) is 7.37. The minimum absolute atomic E-state index is 0. The number of hydrogen-bond acceptors (Lipinski definition) is 4. The van der Waals surface area contributed by atoms with Crippen LogP contribution in [0.4, 0.5) is 0 Å². The molecule has 3 N–H and O–H groups in total. The lowest BCUT2D eigenvalue weighted by Gasteiger charge is -2.32. The third kappa shape index (κ3) is 4.44. The Morgan fingerprint density at radius 1 is 1.45 bits per heavy atom. The van der Waals surface area contributed by atoms with Crippen molar-refractivity contribution < 1.29 is 4.79 Å². The number of carbonyl (C=O) groups is 1. The Morgan fingerprint density at radius 2 is 2.18 bits per heavy atom. The first-order chi connectivity index (χ1) is 10.0. The minimum atomic E-state index is 0. The average Bonchev–Trinajstić information content (AvgIpc) is 2.71. The van der Waals surface area contributed by atoms with Crippen LogP contribution in [-0.4, -0.2) is 46.8 Å². The van der Waals surface area contributed by atoms with E-state index < -0.39 is 0 Å². The predicted molar refractivity (Wildman–Crippen MR) is 90.0 cm³/mol. The number of rotatable bonds is 5. The molecule has 22 heavy (non-hydrogen) atoms. The maximum atomic E-state index is 12.1. The van der Waals surface area contributed by atoms with Gasteiger partial charge in [0.05, 0.1) is 11.6 Å². The van der Waals surface area contributed by atoms with Gasteiger partial charge in [-0.1, -0.05) is 0 Å². The van der Waals surface area contributed by atoms with Gasteiger partial charge in [-0.2, -0.15) is 5.10 Å². The third-order valence-electron chi connectivity index (χ3n) is 4.36. The Hall–Kier alpha value is -1.11. The molecule has 0 spiro atoms. The number of amides is 1. The molecule has 6 nitrogen and oxygen atoms in total. The van der Waals surface area contributed by atoms with Crippen molar-refractivity contribution in [2.45, 2.75) is 33.2 Å². The number of halogens is 1. The summed E-state index contributed by atoms with van der Waals surface area (Å²) >= 11 is 0. The Balaban J connectivity index is 0.00000242. The van der Waals surface area contributed by atoms with E-state index in [1.54, 1.807) is 0 Å². The molecule has 1 aliphatic rings. The second kappa shape index (κ2) is 8.50. The van der Waals surface area contributed by atoms with Crippen molar-refractivity contribution in [1.29, 1.82) is 0 Å². The third-order valence-corrected chi connectivity index (χ3v) is 4.36. The summed E-state index contributed by atoms with van der Waals surface area (Å²) in [6.45, 7) is 7.97. The van der Waals surface area contributed by atoms with E-state index in [2.05, 4.69) is 29.2 Å². The van der Waals surface area contributed by atoms with Crippen LogP contribution in [0.25, 0.3) is 0 Å². The predicted octanol–water partition coefficient (Wildman–Crippen LogP) is 0.746. The molecule has 2 rings (SSSR count). The first-order valence-electron chi connectivity index (χ1n) is 7.72. The number of carbonyl (C=O) groups excluding carboxylic acids is 1. The number of aryl methyl sites for hydroxylation is 2. The fraction of sp³-hybridized carbons (Fsp3) is 0.733. The summed E-state index contributed by atoms with van der Waals surface area (Å²) in [5.74, 6) is 0.229. The van der Waals surface area contributed by atoms with Crippen molar-refractivity contribution in [1.82, 2.24) is 20.0 Å². The lowest BCUT2D eigenvalue weighted by Crippen LogP contribution is -2.43. The molecule has 0 radical (unpaired) electrons. The monoisotopic (exact) mass is 329 g/mol. The van der Waals surface area contributed by atoms with E-state index in [0.29, 0.717) is 13.1 Å². The summed E-state index contributed by atoms with van der Waals surface area (Å²) < 4.78 is 1.93. The molecule has 1 fully saturated rings. The van der Waals surface area contributed by atoms with Crippen LogP contribution in [-0.2, 0) is 18.4 Å². The molecule has 1 aromatic heterocycles. The van der Waals surface area contributed by atoms with Crippen LogP contribution in [0.1, 0.15) is 29.8 Å². The maximum Gasteiger partial charge on any atom is 0.224 e.